The van der Waals surface area contributed by atoms with Crippen molar-refractivity contribution >= 4 is 10.9 Å². The molecule has 1 N–H and O–H groups in total. The number of hydrogen-bond acceptors (Lipinski definition) is 8. The zero-order chi connectivity index (χ0) is 24.7. The summed E-state index contributed by atoms with van der Waals surface area (Å²) in [6.07, 6.45) is 2.43. The Hall–Kier alpha value is -3.69. The molecular formula is C27H32N6O3. The molecule has 1 saturated heterocycles. The minimum atomic E-state index is 0.405. The van der Waals surface area contributed by atoms with Gasteiger partial charge in [-0.15, -0.1) is 5.10 Å². The molecule has 1 aliphatic rings. The van der Waals surface area contributed by atoms with E-state index in [0.29, 0.717) is 35.4 Å². The van der Waals surface area contributed by atoms with Crippen molar-refractivity contribution in [1.29, 1.82) is 0 Å². The quantitative estimate of drug-likeness (QED) is 0.332. The summed E-state index contributed by atoms with van der Waals surface area (Å²) in [7, 11) is 1.63. The molecule has 0 aliphatic carbocycles. The van der Waals surface area contributed by atoms with Gasteiger partial charge in [-0.05, 0) is 24.6 Å². The molecule has 36 heavy (non-hydrogen) atoms. The van der Waals surface area contributed by atoms with Gasteiger partial charge in [0, 0.05) is 44.9 Å². The van der Waals surface area contributed by atoms with E-state index < -0.39 is 0 Å². The predicted molar refractivity (Wildman–Crippen MR) is 139 cm³/mol. The van der Waals surface area contributed by atoms with Crippen molar-refractivity contribution < 1.29 is 14.2 Å². The molecule has 0 amide bonds. The Balaban J connectivity index is 1.25. The monoisotopic (exact) mass is 488 g/mol. The van der Waals surface area contributed by atoms with E-state index in [9.17, 15) is 0 Å². The number of likely N-dealkylation sites (N-methyl/N-ethyl adjacent to an activating group) is 1. The lowest BCUT2D eigenvalue weighted by Crippen LogP contribution is -2.46. The Morgan fingerprint density at radius 1 is 0.944 bits per heavy atom. The first-order valence-corrected chi connectivity index (χ1v) is 12.4. The standard InChI is InChI=1S/C27H32N6O3/c1-3-32-11-13-33(14-12-32)10-7-15-35-25-17-23-21(16-24(25)34-2)27(29-19-28-23)36-26-18-22(30-31-26)20-8-5-4-6-9-20/h4-6,8-9,16-19H,3,7,10-15H2,1-2H3,(H,30,31). The lowest BCUT2D eigenvalue weighted by molar-refractivity contribution is 0.130. The van der Waals surface area contributed by atoms with E-state index in [2.05, 4.69) is 36.9 Å². The maximum absolute atomic E-state index is 6.10. The van der Waals surface area contributed by atoms with Crippen LogP contribution in [0, 0.1) is 0 Å². The number of H-pyrrole nitrogens is 1. The molecule has 2 aromatic heterocycles. The van der Waals surface area contributed by atoms with Crippen LogP contribution < -0.4 is 14.2 Å². The largest absolute Gasteiger partial charge is 0.493 e. The smallest absolute Gasteiger partial charge is 0.240 e. The molecule has 0 spiro atoms. The van der Waals surface area contributed by atoms with E-state index in [1.165, 1.54) is 6.33 Å². The van der Waals surface area contributed by atoms with Gasteiger partial charge in [0.2, 0.25) is 11.8 Å². The SMILES string of the molecule is CCN1CCN(CCCOc2cc3ncnc(Oc4cc(-c5ccccc5)[nH]n4)c3cc2OC)CC1. The zero-order valence-corrected chi connectivity index (χ0v) is 20.8. The number of piperazine rings is 1. The van der Waals surface area contributed by atoms with Crippen molar-refractivity contribution in [3.63, 3.8) is 0 Å². The number of aromatic amines is 1. The van der Waals surface area contributed by atoms with Gasteiger partial charge in [-0.2, -0.15) is 0 Å². The van der Waals surface area contributed by atoms with E-state index in [0.717, 1.165) is 62.3 Å². The molecule has 0 saturated carbocycles. The highest BCUT2D eigenvalue weighted by Gasteiger charge is 2.16. The fraction of sp³-hybridized carbons (Fsp3) is 0.370. The summed E-state index contributed by atoms with van der Waals surface area (Å²) in [6, 6.07) is 15.5. The second-order valence-corrected chi connectivity index (χ2v) is 8.76. The molecular weight excluding hydrogens is 456 g/mol. The second-order valence-electron chi connectivity index (χ2n) is 8.76. The van der Waals surface area contributed by atoms with Gasteiger partial charge >= 0.3 is 0 Å². The predicted octanol–water partition coefficient (Wildman–Crippen LogP) is 4.23. The highest BCUT2D eigenvalue weighted by molar-refractivity contribution is 5.87. The lowest BCUT2D eigenvalue weighted by Gasteiger charge is -2.33. The zero-order valence-electron chi connectivity index (χ0n) is 20.8. The average Bonchev–Trinajstić information content (AvgIpc) is 3.40. The maximum atomic E-state index is 6.10. The summed E-state index contributed by atoms with van der Waals surface area (Å²) in [5, 5.41) is 8.01. The van der Waals surface area contributed by atoms with Gasteiger partial charge < -0.3 is 24.0 Å². The Bertz CT molecular complexity index is 1270. The molecule has 2 aromatic carbocycles. The fourth-order valence-electron chi connectivity index (χ4n) is 4.41. The number of methoxy groups -OCH3 is 1. The van der Waals surface area contributed by atoms with Gasteiger partial charge in [0.25, 0.3) is 0 Å². The fourth-order valence-corrected chi connectivity index (χ4v) is 4.41. The number of nitrogens with one attached hydrogen (secondary N) is 1. The third-order valence-corrected chi connectivity index (χ3v) is 6.51. The molecule has 0 atom stereocenters. The first kappa shape index (κ1) is 24.0. The number of nitrogens with zero attached hydrogens (tertiary/aromatic N) is 5. The number of ether oxygens (including phenoxy) is 3. The van der Waals surface area contributed by atoms with Crippen LogP contribution in [0.4, 0.5) is 0 Å². The van der Waals surface area contributed by atoms with E-state index in [4.69, 9.17) is 14.2 Å². The van der Waals surface area contributed by atoms with Crippen LogP contribution in [-0.4, -0.2) is 83.0 Å². The van der Waals surface area contributed by atoms with Crippen LogP contribution in [0.15, 0.2) is 54.9 Å². The summed E-state index contributed by atoms with van der Waals surface area (Å²) in [6.45, 7) is 9.52. The Morgan fingerprint density at radius 2 is 1.75 bits per heavy atom. The van der Waals surface area contributed by atoms with Crippen molar-refractivity contribution in [2.75, 3.05) is 53.0 Å². The van der Waals surface area contributed by atoms with Gasteiger partial charge in [-0.3, -0.25) is 5.10 Å². The van der Waals surface area contributed by atoms with Crippen LogP contribution in [-0.2, 0) is 0 Å². The van der Waals surface area contributed by atoms with Crippen molar-refractivity contribution in [2.45, 2.75) is 13.3 Å². The van der Waals surface area contributed by atoms with Crippen molar-refractivity contribution in [1.82, 2.24) is 30.0 Å². The van der Waals surface area contributed by atoms with Gasteiger partial charge in [-0.1, -0.05) is 37.3 Å². The second kappa shape index (κ2) is 11.4. The average molecular weight is 489 g/mol. The highest BCUT2D eigenvalue weighted by Crippen LogP contribution is 2.36. The summed E-state index contributed by atoms with van der Waals surface area (Å²) in [5.74, 6) is 2.11. The van der Waals surface area contributed by atoms with Gasteiger partial charge in [0.05, 0.1) is 30.3 Å². The van der Waals surface area contributed by atoms with E-state index in [-0.39, 0.29) is 0 Å². The van der Waals surface area contributed by atoms with Crippen LogP contribution in [0.25, 0.3) is 22.2 Å². The maximum Gasteiger partial charge on any atom is 0.240 e. The molecule has 1 fully saturated rings. The van der Waals surface area contributed by atoms with E-state index in [1.807, 2.05) is 48.5 Å². The molecule has 188 valence electrons. The van der Waals surface area contributed by atoms with Crippen LogP contribution in [0.5, 0.6) is 23.3 Å². The molecule has 5 rings (SSSR count). The number of aromatic nitrogens is 4. The Labute approximate surface area is 211 Å². The summed E-state index contributed by atoms with van der Waals surface area (Å²) < 4.78 is 17.7. The topological polar surface area (TPSA) is 88.6 Å². The Morgan fingerprint density at radius 3 is 2.53 bits per heavy atom. The molecule has 9 heteroatoms. The minimum Gasteiger partial charge on any atom is -0.493 e. The molecule has 1 aliphatic heterocycles. The van der Waals surface area contributed by atoms with Crippen LogP contribution in [0.1, 0.15) is 13.3 Å². The van der Waals surface area contributed by atoms with Crippen LogP contribution in [0.2, 0.25) is 0 Å². The highest BCUT2D eigenvalue weighted by atomic mass is 16.5. The summed E-state index contributed by atoms with van der Waals surface area (Å²) in [4.78, 5) is 13.7. The van der Waals surface area contributed by atoms with Crippen molar-refractivity contribution in [3.05, 3.63) is 54.9 Å². The first-order chi connectivity index (χ1) is 17.7. The van der Waals surface area contributed by atoms with Crippen LogP contribution in [0.3, 0.4) is 0 Å². The van der Waals surface area contributed by atoms with E-state index in [1.54, 1.807) is 7.11 Å². The number of rotatable bonds is 10. The molecule has 4 aromatic rings. The number of benzene rings is 2. The number of fused-ring (bicyclic) bond motifs is 1. The molecule has 0 radical (unpaired) electrons. The Kier molecular flexibility index (Phi) is 7.58. The first-order valence-electron chi connectivity index (χ1n) is 12.4. The normalized spacial score (nSPS) is 14.7. The molecule has 0 bridgehead atoms. The summed E-state index contributed by atoms with van der Waals surface area (Å²) in [5.41, 5.74) is 2.61. The van der Waals surface area contributed by atoms with Gasteiger partial charge in [0.15, 0.2) is 11.5 Å². The third-order valence-electron chi connectivity index (χ3n) is 6.51. The minimum absolute atomic E-state index is 0.405. The van der Waals surface area contributed by atoms with Crippen molar-refractivity contribution in [3.8, 4) is 34.5 Å². The molecule has 3 heterocycles. The van der Waals surface area contributed by atoms with Gasteiger partial charge in [0.1, 0.15) is 6.33 Å². The lowest BCUT2D eigenvalue weighted by atomic mass is 10.2. The van der Waals surface area contributed by atoms with Crippen LogP contribution >= 0.6 is 0 Å². The van der Waals surface area contributed by atoms with Gasteiger partial charge in [-0.25, -0.2) is 9.97 Å². The third kappa shape index (κ3) is 5.58. The number of hydrogen-bond donors (Lipinski definition) is 1. The summed E-state index contributed by atoms with van der Waals surface area (Å²) >= 11 is 0. The van der Waals surface area contributed by atoms with E-state index >= 15 is 0 Å². The molecule has 9 nitrogen and oxygen atoms in total. The van der Waals surface area contributed by atoms with Crippen molar-refractivity contribution in [2.24, 2.45) is 0 Å². The molecule has 0 unspecified atom stereocenters.